The van der Waals surface area contributed by atoms with Crippen LogP contribution in [-0.4, -0.2) is 44.8 Å². The van der Waals surface area contributed by atoms with Crippen LogP contribution in [0.15, 0.2) is 29.1 Å². The molecule has 7 nitrogen and oxygen atoms in total. The van der Waals surface area contributed by atoms with Crippen molar-refractivity contribution in [2.75, 3.05) is 13.1 Å². The normalized spacial score (nSPS) is 20.1. The summed E-state index contributed by atoms with van der Waals surface area (Å²) in [6.45, 7) is 4.39. The first kappa shape index (κ1) is 18.1. The van der Waals surface area contributed by atoms with E-state index in [0.29, 0.717) is 29.4 Å². The van der Waals surface area contributed by atoms with Crippen LogP contribution >= 0.6 is 0 Å². The molecular weight excluding hydrogens is 334 g/mol. The van der Waals surface area contributed by atoms with Gasteiger partial charge in [0.25, 0.3) is 5.56 Å². The number of hydrogen-bond donors (Lipinski definition) is 1. The summed E-state index contributed by atoms with van der Waals surface area (Å²) in [6, 6.07) is 7.09. The zero-order chi connectivity index (χ0) is 19.1. The molecule has 1 aliphatic rings. The van der Waals surface area contributed by atoms with Crippen molar-refractivity contribution in [2.45, 2.75) is 26.7 Å². The predicted molar refractivity (Wildman–Crippen MR) is 96.8 cm³/mol. The van der Waals surface area contributed by atoms with E-state index in [9.17, 15) is 19.5 Å². The summed E-state index contributed by atoms with van der Waals surface area (Å²) < 4.78 is 1.24. The van der Waals surface area contributed by atoms with Gasteiger partial charge in [0.05, 0.1) is 22.9 Å². The Morgan fingerprint density at radius 1 is 1.27 bits per heavy atom. The molecule has 1 N–H and O–H groups in total. The van der Waals surface area contributed by atoms with E-state index in [4.69, 9.17) is 0 Å². The lowest BCUT2D eigenvalue weighted by atomic mass is 9.76. The summed E-state index contributed by atoms with van der Waals surface area (Å²) in [7, 11) is 1.56. The molecule has 1 saturated heterocycles. The molecule has 0 aliphatic carbocycles. The van der Waals surface area contributed by atoms with Crippen molar-refractivity contribution in [1.29, 1.82) is 0 Å². The van der Waals surface area contributed by atoms with Gasteiger partial charge in [0, 0.05) is 25.5 Å². The number of benzene rings is 1. The van der Waals surface area contributed by atoms with Crippen molar-refractivity contribution in [3.05, 3.63) is 40.3 Å². The lowest BCUT2D eigenvalue weighted by Gasteiger charge is -2.28. The van der Waals surface area contributed by atoms with Crippen LogP contribution in [0.5, 0.6) is 0 Å². The number of carbonyl (C=O) groups is 2. The number of rotatable bonds is 4. The number of likely N-dealkylation sites (tertiary alicyclic amines) is 1. The largest absolute Gasteiger partial charge is 0.481 e. The number of amides is 1. The number of carboxylic acid groups (broad SMARTS) is 1. The molecule has 1 atom stereocenters. The second-order valence-electron chi connectivity index (χ2n) is 7.28. The molecule has 1 unspecified atom stereocenters. The number of fused-ring (bicyclic) bond motifs is 1. The van der Waals surface area contributed by atoms with E-state index in [1.54, 1.807) is 30.1 Å². The fraction of sp³-hybridized carbons (Fsp3) is 0.474. The Morgan fingerprint density at radius 3 is 2.50 bits per heavy atom. The topological polar surface area (TPSA) is 92.5 Å². The highest BCUT2D eigenvalue weighted by molar-refractivity contribution is 5.89. The molecule has 1 amide bonds. The first-order valence-electron chi connectivity index (χ1n) is 8.72. The summed E-state index contributed by atoms with van der Waals surface area (Å²) in [6.07, 6.45) is 0.496. The second-order valence-corrected chi connectivity index (χ2v) is 7.28. The first-order valence-corrected chi connectivity index (χ1v) is 8.72. The number of carboxylic acids is 1. The van der Waals surface area contributed by atoms with Crippen molar-refractivity contribution >= 4 is 22.6 Å². The Morgan fingerprint density at radius 2 is 1.92 bits per heavy atom. The molecule has 0 bridgehead atoms. The minimum absolute atomic E-state index is 0.0441. The van der Waals surface area contributed by atoms with Crippen molar-refractivity contribution < 1.29 is 14.7 Å². The van der Waals surface area contributed by atoms with E-state index < -0.39 is 11.4 Å². The number of hydrogen-bond acceptors (Lipinski definition) is 4. The zero-order valence-electron chi connectivity index (χ0n) is 15.2. The number of nitrogens with zero attached hydrogens (tertiary/aromatic N) is 3. The Labute approximate surface area is 151 Å². The van der Waals surface area contributed by atoms with Gasteiger partial charge in [0.1, 0.15) is 0 Å². The predicted octanol–water partition coefficient (Wildman–Crippen LogP) is 1.44. The molecule has 2 heterocycles. The van der Waals surface area contributed by atoms with Gasteiger partial charge in [-0.3, -0.25) is 14.4 Å². The van der Waals surface area contributed by atoms with E-state index >= 15 is 0 Å². The van der Waals surface area contributed by atoms with Crippen molar-refractivity contribution in [2.24, 2.45) is 18.4 Å². The van der Waals surface area contributed by atoms with Crippen LogP contribution < -0.4 is 5.56 Å². The monoisotopic (exact) mass is 357 g/mol. The average Bonchev–Trinajstić information content (AvgIpc) is 3.06. The number of carbonyl (C=O) groups excluding carboxylic acids is 1. The molecule has 2 aromatic rings. The van der Waals surface area contributed by atoms with Crippen molar-refractivity contribution in [3.8, 4) is 0 Å². The van der Waals surface area contributed by atoms with Crippen LogP contribution in [0, 0.1) is 11.3 Å². The van der Waals surface area contributed by atoms with E-state index in [0.717, 1.165) is 0 Å². The number of aryl methyl sites for hydroxylation is 1. The summed E-state index contributed by atoms with van der Waals surface area (Å²) >= 11 is 0. The average molecular weight is 357 g/mol. The molecular formula is C19H23N3O4. The van der Waals surface area contributed by atoms with Crippen molar-refractivity contribution in [1.82, 2.24) is 14.7 Å². The Hall–Kier alpha value is -2.70. The summed E-state index contributed by atoms with van der Waals surface area (Å²) in [4.78, 5) is 38.4. The van der Waals surface area contributed by atoms with Gasteiger partial charge < -0.3 is 10.0 Å². The third kappa shape index (κ3) is 2.87. The Balaban J connectivity index is 1.88. The molecule has 1 aromatic heterocycles. The quantitative estimate of drug-likeness (QED) is 0.894. The summed E-state index contributed by atoms with van der Waals surface area (Å²) in [5.41, 5.74) is -0.568. The first-order chi connectivity index (χ1) is 12.3. The minimum atomic E-state index is -0.894. The van der Waals surface area contributed by atoms with Gasteiger partial charge >= 0.3 is 5.97 Å². The molecule has 1 aliphatic heterocycles. The second kappa shape index (κ2) is 6.55. The van der Waals surface area contributed by atoms with Gasteiger partial charge in [-0.2, -0.15) is 5.10 Å². The van der Waals surface area contributed by atoms with E-state index in [2.05, 4.69) is 5.10 Å². The molecule has 0 radical (unpaired) electrons. The minimum Gasteiger partial charge on any atom is -0.481 e. The molecule has 26 heavy (non-hydrogen) atoms. The fourth-order valence-electron chi connectivity index (χ4n) is 3.70. The number of aliphatic carboxylic acids is 1. The van der Waals surface area contributed by atoms with Crippen molar-refractivity contribution in [3.63, 3.8) is 0 Å². The third-order valence-corrected chi connectivity index (χ3v) is 5.54. The van der Waals surface area contributed by atoms with Crippen LogP contribution in [0.2, 0.25) is 0 Å². The highest BCUT2D eigenvalue weighted by Crippen LogP contribution is 2.38. The summed E-state index contributed by atoms with van der Waals surface area (Å²) in [5.74, 6) is -1.08. The lowest BCUT2D eigenvalue weighted by Crippen LogP contribution is -2.41. The maximum atomic E-state index is 12.8. The van der Waals surface area contributed by atoms with Gasteiger partial charge in [-0.15, -0.1) is 0 Å². The Kier molecular flexibility index (Phi) is 4.56. The molecule has 3 rings (SSSR count). The highest BCUT2D eigenvalue weighted by Gasteiger charge is 2.48. The highest BCUT2D eigenvalue weighted by atomic mass is 16.4. The van der Waals surface area contributed by atoms with Gasteiger partial charge in [-0.05, 0) is 18.4 Å². The van der Waals surface area contributed by atoms with Crippen LogP contribution in [0.25, 0.3) is 10.8 Å². The van der Waals surface area contributed by atoms with Gasteiger partial charge in [0.2, 0.25) is 5.91 Å². The SMILES string of the molecule is CC(C)C1(C(=O)O)CCN(C(=O)Cc2nn(C)c(=O)c3ccccc23)C1. The standard InChI is InChI=1S/C19H23N3O4/c1-12(2)19(18(25)26)8-9-22(11-19)16(23)10-15-13-6-4-5-7-14(13)17(24)21(3)20-15/h4-7,12H,8-11H2,1-3H3,(H,25,26). The lowest BCUT2D eigenvalue weighted by molar-refractivity contribution is -0.151. The van der Waals surface area contributed by atoms with Crippen LogP contribution in [-0.2, 0) is 23.1 Å². The number of aromatic nitrogens is 2. The molecule has 0 spiro atoms. The van der Waals surface area contributed by atoms with Crippen LogP contribution in [0.3, 0.4) is 0 Å². The smallest absolute Gasteiger partial charge is 0.311 e. The molecule has 7 heteroatoms. The van der Waals surface area contributed by atoms with Gasteiger partial charge in [-0.1, -0.05) is 32.0 Å². The Bertz CT molecular complexity index is 934. The fourth-order valence-corrected chi connectivity index (χ4v) is 3.70. The molecule has 1 fully saturated rings. The maximum absolute atomic E-state index is 12.8. The van der Waals surface area contributed by atoms with Gasteiger partial charge in [-0.25, -0.2) is 4.68 Å². The van der Waals surface area contributed by atoms with E-state index in [1.807, 2.05) is 19.9 Å². The maximum Gasteiger partial charge on any atom is 0.311 e. The molecule has 0 saturated carbocycles. The van der Waals surface area contributed by atoms with Crippen LogP contribution in [0.4, 0.5) is 0 Å². The third-order valence-electron chi connectivity index (χ3n) is 5.54. The zero-order valence-corrected chi connectivity index (χ0v) is 15.2. The van der Waals surface area contributed by atoms with E-state index in [1.165, 1.54) is 4.68 Å². The van der Waals surface area contributed by atoms with Crippen LogP contribution in [0.1, 0.15) is 26.0 Å². The van der Waals surface area contributed by atoms with Gasteiger partial charge in [0.15, 0.2) is 0 Å². The molecule has 138 valence electrons. The van der Waals surface area contributed by atoms with E-state index in [-0.39, 0.29) is 30.3 Å². The molecule has 1 aromatic carbocycles. The summed E-state index contributed by atoms with van der Waals surface area (Å²) in [5, 5.41) is 15.1.